The van der Waals surface area contributed by atoms with Crippen LogP contribution in [0, 0.1) is 0 Å². The number of rotatable bonds is 10. The summed E-state index contributed by atoms with van der Waals surface area (Å²) in [5.74, 6) is -0.667. The summed E-state index contributed by atoms with van der Waals surface area (Å²) in [5.41, 5.74) is -1.41. The molecule has 1 amide bonds. The molecule has 0 fully saturated rings. The van der Waals surface area contributed by atoms with E-state index < -0.39 is 50.1 Å². The van der Waals surface area contributed by atoms with Gasteiger partial charge in [0.2, 0.25) is 15.9 Å². The van der Waals surface area contributed by atoms with E-state index in [0.29, 0.717) is 13.1 Å². The molecule has 0 bridgehead atoms. The molecule has 10 nitrogen and oxygen atoms in total. The third-order valence-corrected chi connectivity index (χ3v) is 9.28. The molecular weight excluding hydrogens is 618 g/mol. The van der Waals surface area contributed by atoms with E-state index in [9.17, 15) is 31.5 Å². The van der Waals surface area contributed by atoms with Crippen LogP contribution >= 0.6 is 34.5 Å². The van der Waals surface area contributed by atoms with Gasteiger partial charge in [0.15, 0.2) is 5.01 Å². The molecule has 1 unspecified atom stereocenters. The number of carbonyl (C=O) groups excluding carboxylic acids is 1. The smallest absolute Gasteiger partial charge is 0.404 e. The Morgan fingerprint density at radius 1 is 1.15 bits per heavy atom. The number of sulfonamides is 1. The van der Waals surface area contributed by atoms with Crippen LogP contribution in [0.1, 0.15) is 57.4 Å². The fraction of sp³-hybridized carbons (Fsp3) is 0.478. The highest BCUT2D eigenvalue weighted by molar-refractivity contribution is 7.89. The first-order valence-electron chi connectivity index (χ1n) is 11.9. The number of hydrogen-bond donors (Lipinski definition) is 2. The second-order valence-electron chi connectivity index (χ2n) is 9.01. The van der Waals surface area contributed by atoms with Crippen LogP contribution in [-0.4, -0.2) is 64.8 Å². The molecule has 3 rings (SSSR count). The van der Waals surface area contributed by atoms with E-state index in [1.807, 2.05) is 0 Å². The number of thiazole rings is 1. The third-order valence-electron chi connectivity index (χ3n) is 5.69. The zero-order chi connectivity index (χ0) is 30.2. The van der Waals surface area contributed by atoms with E-state index in [4.69, 9.17) is 27.6 Å². The zero-order valence-electron chi connectivity index (χ0n) is 21.9. The summed E-state index contributed by atoms with van der Waals surface area (Å²) >= 11 is 13.7. The summed E-state index contributed by atoms with van der Waals surface area (Å²) in [6.07, 6.45) is -5.37. The average Bonchev–Trinajstić information content (AvgIpc) is 3.52. The van der Waals surface area contributed by atoms with Crippen LogP contribution in [0.2, 0.25) is 10.0 Å². The second kappa shape index (κ2) is 11.9. The lowest BCUT2D eigenvalue weighted by Crippen LogP contribution is -2.44. The number of hydrogen-bond acceptors (Lipinski definition) is 9. The van der Waals surface area contributed by atoms with Crippen LogP contribution in [0.4, 0.5) is 13.2 Å². The summed E-state index contributed by atoms with van der Waals surface area (Å²) in [5, 5.41) is 17.1. The molecule has 0 aliphatic rings. The standard InChI is InChI=1S/C23H26Cl2F3N5O5S2/c1-6-13(23(26,27)28)32-40(36,37)12-10-9-11(14(24)15(12)25)17-16(20(34)33(7-2)8-3)29-19(39-17)18-30-31-21(38-18)22(4,5)35/h9-10,13,32,35H,6-8H2,1-5H3. The van der Waals surface area contributed by atoms with Crippen LogP contribution in [0.3, 0.4) is 0 Å². The van der Waals surface area contributed by atoms with Gasteiger partial charge in [0.05, 0.1) is 14.9 Å². The van der Waals surface area contributed by atoms with Gasteiger partial charge in [-0.1, -0.05) is 36.2 Å². The first-order valence-corrected chi connectivity index (χ1v) is 15.0. The summed E-state index contributed by atoms with van der Waals surface area (Å²) in [7, 11) is -4.73. The van der Waals surface area contributed by atoms with Crippen molar-refractivity contribution in [2.24, 2.45) is 0 Å². The third kappa shape index (κ3) is 6.60. The summed E-state index contributed by atoms with van der Waals surface area (Å²) < 4.78 is 72.4. The topological polar surface area (TPSA) is 139 Å². The number of carbonyl (C=O) groups is 1. The molecule has 220 valence electrons. The molecule has 1 aromatic carbocycles. The molecule has 17 heteroatoms. The Labute approximate surface area is 242 Å². The predicted octanol–water partition coefficient (Wildman–Crippen LogP) is 5.50. The van der Waals surface area contributed by atoms with Crippen molar-refractivity contribution in [2.45, 2.75) is 63.8 Å². The molecule has 0 spiro atoms. The molecule has 40 heavy (non-hydrogen) atoms. The van der Waals surface area contributed by atoms with Crippen LogP contribution in [0.25, 0.3) is 21.3 Å². The van der Waals surface area contributed by atoms with Crippen molar-refractivity contribution < 1.29 is 35.9 Å². The number of halogens is 5. The summed E-state index contributed by atoms with van der Waals surface area (Å²) in [6, 6.07) is -0.111. The van der Waals surface area contributed by atoms with Gasteiger partial charge in [-0.2, -0.15) is 17.9 Å². The van der Waals surface area contributed by atoms with Gasteiger partial charge in [0.25, 0.3) is 11.8 Å². The quantitative estimate of drug-likeness (QED) is 0.295. The molecule has 0 radical (unpaired) electrons. The van der Waals surface area contributed by atoms with Crippen molar-refractivity contribution in [3.63, 3.8) is 0 Å². The Balaban J connectivity index is 2.16. The van der Waals surface area contributed by atoms with Gasteiger partial charge in [-0.25, -0.2) is 13.4 Å². The van der Waals surface area contributed by atoms with E-state index in [1.165, 1.54) is 31.7 Å². The minimum absolute atomic E-state index is 0.0680. The van der Waals surface area contributed by atoms with Crippen LogP contribution in [-0.2, 0) is 15.6 Å². The largest absolute Gasteiger partial charge is 0.415 e. The highest BCUT2D eigenvalue weighted by Crippen LogP contribution is 2.43. The Morgan fingerprint density at radius 3 is 2.27 bits per heavy atom. The van der Waals surface area contributed by atoms with Crippen molar-refractivity contribution in [1.29, 1.82) is 0 Å². The van der Waals surface area contributed by atoms with E-state index in [-0.39, 0.29) is 37.9 Å². The van der Waals surface area contributed by atoms with Gasteiger partial charge in [-0.3, -0.25) is 4.79 Å². The van der Waals surface area contributed by atoms with Gasteiger partial charge in [0, 0.05) is 18.7 Å². The predicted molar refractivity (Wildman–Crippen MR) is 144 cm³/mol. The van der Waals surface area contributed by atoms with E-state index >= 15 is 0 Å². The molecule has 2 heterocycles. The summed E-state index contributed by atoms with van der Waals surface area (Å²) in [4.78, 5) is 18.7. The van der Waals surface area contributed by atoms with Gasteiger partial charge >= 0.3 is 6.18 Å². The zero-order valence-corrected chi connectivity index (χ0v) is 25.1. The molecule has 2 N–H and O–H groups in total. The van der Waals surface area contributed by atoms with E-state index in [2.05, 4.69) is 15.2 Å². The highest BCUT2D eigenvalue weighted by Gasteiger charge is 2.41. The molecule has 0 saturated carbocycles. The monoisotopic (exact) mass is 643 g/mol. The van der Waals surface area contributed by atoms with E-state index in [0.717, 1.165) is 17.4 Å². The van der Waals surface area contributed by atoms with E-state index in [1.54, 1.807) is 18.6 Å². The Morgan fingerprint density at radius 2 is 1.77 bits per heavy atom. The SMILES string of the molecule is CCC(NS(=O)(=O)c1ccc(-c2sc(-c3nnc(C(C)(C)O)o3)nc2C(=O)N(CC)CC)c(Cl)c1Cl)C(F)(F)F. The lowest BCUT2D eigenvalue weighted by molar-refractivity contribution is -0.151. The number of nitrogens with zero attached hydrogens (tertiary/aromatic N) is 4. The normalized spacial score (nSPS) is 13.5. The fourth-order valence-electron chi connectivity index (χ4n) is 3.50. The van der Waals surface area contributed by atoms with Crippen molar-refractivity contribution >= 4 is 50.5 Å². The van der Waals surface area contributed by atoms with Gasteiger partial charge < -0.3 is 14.4 Å². The molecule has 0 saturated heterocycles. The maximum atomic E-state index is 13.4. The van der Waals surface area contributed by atoms with Crippen molar-refractivity contribution in [3.05, 3.63) is 33.8 Å². The molecule has 2 aromatic heterocycles. The number of aromatic nitrogens is 3. The first kappa shape index (κ1) is 32.2. The Kier molecular flexibility index (Phi) is 9.58. The number of aliphatic hydroxyl groups is 1. The van der Waals surface area contributed by atoms with Gasteiger partial charge in [-0.05, 0) is 40.2 Å². The highest BCUT2D eigenvalue weighted by atomic mass is 35.5. The molecule has 1 atom stereocenters. The number of benzene rings is 1. The summed E-state index contributed by atoms with van der Waals surface area (Å²) in [6.45, 7) is 8.29. The second-order valence-corrected chi connectivity index (χ2v) is 12.4. The number of alkyl halides is 3. The minimum Gasteiger partial charge on any atom is -0.415 e. The lowest BCUT2D eigenvalue weighted by Gasteiger charge is -2.21. The first-order chi connectivity index (χ1) is 18.5. The minimum atomic E-state index is -4.82. The maximum Gasteiger partial charge on any atom is 0.404 e. The van der Waals surface area contributed by atoms with Crippen molar-refractivity contribution in [3.8, 4) is 21.3 Å². The van der Waals surface area contributed by atoms with Crippen LogP contribution in [0.5, 0.6) is 0 Å². The van der Waals surface area contributed by atoms with Gasteiger partial charge in [0.1, 0.15) is 22.2 Å². The maximum absolute atomic E-state index is 13.4. The number of amides is 1. The lowest BCUT2D eigenvalue weighted by atomic mass is 10.1. The van der Waals surface area contributed by atoms with Crippen molar-refractivity contribution in [2.75, 3.05) is 13.1 Å². The van der Waals surface area contributed by atoms with Crippen LogP contribution < -0.4 is 4.72 Å². The Hall–Kier alpha value is -2.30. The molecule has 3 aromatic rings. The number of nitrogens with one attached hydrogen (secondary N) is 1. The molecule has 0 aliphatic carbocycles. The van der Waals surface area contributed by atoms with Gasteiger partial charge in [-0.15, -0.1) is 21.5 Å². The Bertz CT molecular complexity index is 1500. The molecule has 0 aliphatic heterocycles. The fourth-order valence-corrected chi connectivity index (χ4v) is 6.74. The average molecular weight is 645 g/mol. The molecular formula is C23H26Cl2F3N5O5S2. The van der Waals surface area contributed by atoms with Crippen LogP contribution in [0.15, 0.2) is 21.4 Å². The van der Waals surface area contributed by atoms with Crippen molar-refractivity contribution in [1.82, 2.24) is 24.8 Å².